The van der Waals surface area contributed by atoms with Gasteiger partial charge in [-0.05, 0) is 57.4 Å². The third-order valence-electron chi connectivity index (χ3n) is 5.11. The molecule has 0 aromatic carbocycles. The zero-order chi connectivity index (χ0) is 18.8. The number of likely N-dealkylation sites (tertiary alicyclic amines) is 1. The third-order valence-corrected chi connectivity index (χ3v) is 5.11. The molecule has 158 valence electrons. The van der Waals surface area contributed by atoms with Gasteiger partial charge in [-0.1, -0.05) is 13.8 Å². The second-order valence-corrected chi connectivity index (χ2v) is 8.17. The van der Waals surface area contributed by atoms with Crippen LogP contribution in [-0.4, -0.2) is 62.6 Å². The molecule has 0 spiro atoms. The number of unbranched alkanes of at least 4 members (excludes halogenated alkanes) is 1. The van der Waals surface area contributed by atoms with E-state index in [9.17, 15) is 4.79 Å². The lowest BCUT2D eigenvalue weighted by atomic mass is 9.92. The first-order valence-electron chi connectivity index (χ1n) is 10.6. The Kier molecular flexibility index (Phi) is 12.3. The molecule has 7 heteroatoms. The van der Waals surface area contributed by atoms with Crippen molar-refractivity contribution < 1.29 is 4.79 Å². The standard InChI is InChI=1S/C20H39N5O.HI/c1-4-21-20(24-11-10-22-19(26)18-7-8-18)23-9-5-6-12-25-14-16(2)13-17(3)15-25;/h16-18H,4-15H2,1-3H3,(H,22,26)(H2,21,23,24);1H. The first-order valence-corrected chi connectivity index (χ1v) is 10.6. The summed E-state index contributed by atoms with van der Waals surface area (Å²) in [6, 6.07) is 0. The van der Waals surface area contributed by atoms with Crippen LogP contribution in [0, 0.1) is 17.8 Å². The van der Waals surface area contributed by atoms with Crippen LogP contribution in [0.15, 0.2) is 4.99 Å². The van der Waals surface area contributed by atoms with Crippen molar-refractivity contribution in [3.8, 4) is 0 Å². The van der Waals surface area contributed by atoms with E-state index in [4.69, 9.17) is 0 Å². The second-order valence-electron chi connectivity index (χ2n) is 8.17. The highest BCUT2D eigenvalue weighted by molar-refractivity contribution is 14.0. The van der Waals surface area contributed by atoms with Crippen LogP contribution in [0.3, 0.4) is 0 Å². The number of halogens is 1. The van der Waals surface area contributed by atoms with Gasteiger partial charge < -0.3 is 20.9 Å². The van der Waals surface area contributed by atoms with Crippen LogP contribution in [0.1, 0.15) is 52.9 Å². The Morgan fingerprint density at radius 1 is 1.04 bits per heavy atom. The highest BCUT2D eigenvalue weighted by Crippen LogP contribution is 2.28. The summed E-state index contributed by atoms with van der Waals surface area (Å²) in [6.07, 6.45) is 5.81. The van der Waals surface area contributed by atoms with E-state index in [-0.39, 0.29) is 35.8 Å². The van der Waals surface area contributed by atoms with E-state index >= 15 is 0 Å². The van der Waals surface area contributed by atoms with E-state index in [1.807, 2.05) is 0 Å². The fourth-order valence-electron chi connectivity index (χ4n) is 3.81. The fraction of sp³-hybridized carbons (Fsp3) is 0.900. The molecule has 2 atom stereocenters. The van der Waals surface area contributed by atoms with Gasteiger partial charge in [-0.15, -0.1) is 24.0 Å². The minimum Gasteiger partial charge on any atom is -0.357 e. The van der Waals surface area contributed by atoms with E-state index in [0.29, 0.717) is 13.1 Å². The molecular weight excluding hydrogens is 453 g/mol. The number of hydrogen-bond donors (Lipinski definition) is 3. The van der Waals surface area contributed by atoms with Crippen LogP contribution in [0.2, 0.25) is 0 Å². The number of amides is 1. The number of piperidine rings is 1. The van der Waals surface area contributed by atoms with Crippen molar-refractivity contribution in [2.45, 2.75) is 52.9 Å². The summed E-state index contributed by atoms with van der Waals surface area (Å²) in [5, 5.41) is 9.55. The van der Waals surface area contributed by atoms with Crippen molar-refractivity contribution in [2.75, 3.05) is 45.8 Å². The molecule has 2 fully saturated rings. The number of aliphatic imine (C=N–C) groups is 1. The van der Waals surface area contributed by atoms with Crippen molar-refractivity contribution in [3.63, 3.8) is 0 Å². The predicted molar refractivity (Wildman–Crippen MR) is 124 cm³/mol. The molecule has 0 radical (unpaired) electrons. The summed E-state index contributed by atoms with van der Waals surface area (Å²) in [5.74, 6) is 3.01. The first kappa shape index (κ1) is 24.5. The number of rotatable bonds is 10. The lowest BCUT2D eigenvalue weighted by Gasteiger charge is -2.34. The fourth-order valence-corrected chi connectivity index (χ4v) is 3.81. The Morgan fingerprint density at radius 2 is 1.70 bits per heavy atom. The molecule has 2 aliphatic rings. The van der Waals surface area contributed by atoms with E-state index in [2.05, 4.69) is 46.6 Å². The SMILES string of the molecule is CCNC(=NCCCCN1CC(C)CC(C)C1)NCCNC(=O)C1CC1.I. The lowest BCUT2D eigenvalue weighted by Crippen LogP contribution is -2.41. The summed E-state index contributed by atoms with van der Waals surface area (Å²) >= 11 is 0. The second kappa shape index (κ2) is 13.6. The molecule has 2 unspecified atom stereocenters. The van der Waals surface area contributed by atoms with Gasteiger partial charge >= 0.3 is 0 Å². The molecule has 2 rings (SSSR count). The predicted octanol–water partition coefficient (Wildman–Crippen LogP) is 2.44. The molecule has 1 amide bonds. The Labute approximate surface area is 182 Å². The van der Waals surface area contributed by atoms with Gasteiger partial charge in [0.25, 0.3) is 0 Å². The quantitative estimate of drug-likeness (QED) is 0.189. The zero-order valence-corrected chi connectivity index (χ0v) is 19.8. The lowest BCUT2D eigenvalue weighted by molar-refractivity contribution is -0.122. The Bertz CT molecular complexity index is 446. The van der Waals surface area contributed by atoms with Gasteiger partial charge in [-0.3, -0.25) is 9.79 Å². The molecule has 1 saturated carbocycles. The molecule has 0 bridgehead atoms. The molecule has 27 heavy (non-hydrogen) atoms. The van der Waals surface area contributed by atoms with Gasteiger partial charge in [0.05, 0.1) is 0 Å². The topological polar surface area (TPSA) is 68.8 Å². The van der Waals surface area contributed by atoms with Crippen LogP contribution in [0.4, 0.5) is 0 Å². The number of carbonyl (C=O) groups excluding carboxylic acids is 1. The summed E-state index contributed by atoms with van der Waals surface area (Å²) < 4.78 is 0. The Balaban J connectivity index is 0.00000364. The van der Waals surface area contributed by atoms with E-state index in [0.717, 1.165) is 50.1 Å². The minimum absolute atomic E-state index is 0. The molecule has 6 nitrogen and oxygen atoms in total. The molecule has 1 aliphatic heterocycles. The summed E-state index contributed by atoms with van der Waals surface area (Å²) in [6.45, 7) is 13.6. The smallest absolute Gasteiger partial charge is 0.223 e. The number of carbonyl (C=O) groups is 1. The average Bonchev–Trinajstić information content (AvgIpc) is 3.42. The molecule has 1 heterocycles. The Hall–Kier alpha value is -0.570. The highest BCUT2D eigenvalue weighted by atomic mass is 127. The van der Waals surface area contributed by atoms with Crippen molar-refractivity contribution in [3.05, 3.63) is 0 Å². The number of hydrogen-bond acceptors (Lipinski definition) is 3. The monoisotopic (exact) mass is 493 g/mol. The van der Waals surface area contributed by atoms with Gasteiger partial charge in [0.15, 0.2) is 5.96 Å². The summed E-state index contributed by atoms with van der Waals surface area (Å²) in [5.41, 5.74) is 0. The molecule has 0 aromatic heterocycles. The van der Waals surface area contributed by atoms with Crippen molar-refractivity contribution in [1.29, 1.82) is 0 Å². The van der Waals surface area contributed by atoms with Gasteiger partial charge in [-0.25, -0.2) is 0 Å². The van der Waals surface area contributed by atoms with E-state index in [1.54, 1.807) is 0 Å². The van der Waals surface area contributed by atoms with Crippen molar-refractivity contribution in [1.82, 2.24) is 20.9 Å². The average molecular weight is 493 g/mol. The Morgan fingerprint density at radius 3 is 2.33 bits per heavy atom. The highest BCUT2D eigenvalue weighted by Gasteiger charge is 2.28. The molecular formula is C20H40IN5O. The largest absolute Gasteiger partial charge is 0.357 e. The first-order chi connectivity index (χ1) is 12.6. The van der Waals surface area contributed by atoms with Gasteiger partial charge in [-0.2, -0.15) is 0 Å². The number of nitrogens with zero attached hydrogens (tertiary/aromatic N) is 2. The van der Waals surface area contributed by atoms with Crippen LogP contribution in [-0.2, 0) is 4.79 Å². The van der Waals surface area contributed by atoms with Crippen molar-refractivity contribution in [2.24, 2.45) is 22.7 Å². The van der Waals surface area contributed by atoms with Gasteiger partial charge in [0.1, 0.15) is 0 Å². The van der Waals surface area contributed by atoms with Crippen LogP contribution in [0.5, 0.6) is 0 Å². The van der Waals surface area contributed by atoms with E-state index in [1.165, 1.54) is 32.5 Å². The van der Waals surface area contributed by atoms with Crippen molar-refractivity contribution >= 4 is 35.8 Å². The van der Waals surface area contributed by atoms with E-state index < -0.39 is 0 Å². The van der Waals surface area contributed by atoms with Crippen LogP contribution in [0.25, 0.3) is 0 Å². The zero-order valence-electron chi connectivity index (χ0n) is 17.4. The molecule has 1 aliphatic carbocycles. The normalized spacial score (nSPS) is 23.4. The summed E-state index contributed by atoms with van der Waals surface area (Å²) in [7, 11) is 0. The molecule has 1 saturated heterocycles. The maximum absolute atomic E-state index is 11.6. The number of nitrogens with one attached hydrogen (secondary N) is 3. The van der Waals surface area contributed by atoms with Crippen LogP contribution >= 0.6 is 24.0 Å². The molecule has 0 aromatic rings. The van der Waals surface area contributed by atoms with Gasteiger partial charge in [0.2, 0.25) is 5.91 Å². The van der Waals surface area contributed by atoms with Crippen LogP contribution < -0.4 is 16.0 Å². The maximum Gasteiger partial charge on any atom is 0.223 e. The molecule has 3 N–H and O–H groups in total. The summed E-state index contributed by atoms with van der Waals surface area (Å²) in [4.78, 5) is 18.9. The number of guanidine groups is 1. The third kappa shape index (κ3) is 10.5. The maximum atomic E-state index is 11.6. The minimum atomic E-state index is 0. The van der Waals surface area contributed by atoms with Gasteiger partial charge in [0, 0.05) is 45.2 Å².